The van der Waals surface area contributed by atoms with Crippen molar-refractivity contribution in [3.63, 3.8) is 0 Å². The van der Waals surface area contributed by atoms with Gasteiger partial charge in [-0.15, -0.1) is 0 Å². The third-order valence-corrected chi connectivity index (χ3v) is 1.16. The molecule has 52 valence electrons. The molecule has 3 nitrogen and oxygen atoms in total. The van der Waals surface area contributed by atoms with E-state index in [1.165, 1.54) is 6.92 Å². The zero-order chi connectivity index (χ0) is 7.28. The van der Waals surface area contributed by atoms with E-state index in [9.17, 15) is 9.59 Å². The van der Waals surface area contributed by atoms with Gasteiger partial charge in [0.25, 0.3) is 0 Å². The molecule has 0 aromatic heterocycles. The molecule has 3 heteroatoms. The second-order valence-corrected chi connectivity index (χ2v) is 1.94. The topological polar surface area (TPSA) is 54.4 Å². The Kier molecular flexibility index (Phi) is 3.88. The molecule has 0 rings (SSSR count). The quantitative estimate of drug-likeness (QED) is 0.535. The molecule has 0 unspecified atom stereocenters. The molecule has 0 spiro atoms. The number of rotatable bonds is 4. The summed E-state index contributed by atoms with van der Waals surface area (Å²) in [5, 5.41) is 8.75. The summed E-state index contributed by atoms with van der Waals surface area (Å²) in [7, 11) is 0. The molecule has 9 heavy (non-hydrogen) atoms. The van der Waals surface area contributed by atoms with Crippen molar-refractivity contribution in [1.82, 2.24) is 0 Å². The van der Waals surface area contributed by atoms with Gasteiger partial charge in [-0.25, -0.2) is 0 Å². The average molecular weight is 130 g/mol. The lowest BCUT2D eigenvalue weighted by Crippen LogP contribution is -2.18. The van der Waals surface area contributed by atoms with Crippen LogP contribution in [0.25, 0.3) is 0 Å². The minimum Gasteiger partial charge on any atom is -0.393 e. The molecule has 0 saturated carbocycles. The first-order valence-electron chi connectivity index (χ1n) is 2.79. The molecular weight excluding hydrogens is 120 g/mol. The highest BCUT2D eigenvalue weighted by atomic mass is 16.3. The summed E-state index contributed by atoms with van der Waals surface area (Å²) in [6.07, 6.45) is 0.624. The highest BCUT2D eigenvalue weighted by molar-refractivity contribution is 5.62. The summed E-state index contributed by atoms with van der Waals surface area (Å²) in [6.45, 7) is 1.49. The minimum atomic E-state index is -0.715. The van der Waals surface area contributed by atoms with Gasteiger partial charge in [0.2, 0.25) is 0 Å². The highest BCUT2D eigenvalue weighted by Crippen LogP contribution is 2.02. The Balaban J connectivity index is 3.66. The predicted octanol–water partition coefficient (Wildman–Crippen LogP) is -0.229. The van der Waals surface area contributed by atoms with Gasteiger partial charge in [-0.1, -0.05) is 0 Å². The molecule has 1 N–H and O–H groups in total. The van der Waals surface area contributed by atoms with Crippen LogP contribution in [-0.4, -0.2) is 23.8 Å². The first-order chi connectivity index (χ1) is 4.22. The van der Waals surface area contributed by atoms with Crippen molar-refractivity contribution in [2.45, 2.75) is 19.4 Å². The van der Waals surface area contributed by atoms with Gasteiger partial charge >= 0.3 is 0 Å². The van der Waals surface area contributed by atoms with E-state index in [1.54, 1.807) is 0 Å². The Morgan fingerprint density at radius 3 is 2.22 bits per heavy atom. The summed E-state index contributed by atoms with van der Waals surface area (Å²) in [4.78, 5) is 19.8. The van der Waals surface area contributed by atoms with Crippen molar-refractivity contribution in [2.75, 3.05) is 0 Å². The fourth-order valence-electron chi connectivity index (χ4n) is 0.477. The van der Waals surface area contributed by atoms with Crippen LogP contribution in [0.2, 0.25) is 0 Å². The van der Waals surface area contributed by atoms with E-state index in [0.29, 0.717) is 12.6 Å². The van der Waals surface area contributed by atoms with Crippen molar-refractivity contribution < 1.29 is 14.7 Å². The van der Waals surface area contributed by atoms with E-state index in [1.807, 2.05) is 0 Å². The summed E-state index contributed by atoms with van der Waals surface area (Å²) >= 11 is 0. The van der Waals surface area contributed by atoms with Crippen LogP contribution >= 0.6 is 0 Å². The molecule has 0 radical (unpaired) electrons. The second kappa shape index (κ2) is 4.21. The third kappa shape index (κ3) is 2.98. The van der Waals surface area contributed by atoms with Crippen LogP contribution in [0.5, 0.6) is 0 Å². The van der Waals surface area contributed by atoms with Gasteiger partial charge in [-0.3, -0.25) is 0 Å². The van der Waals surface area contributed by atoms with Gasteiger partial charge in [0.05, 0.1) is 6.10 Å². The number of carbonyl (C=O) groups excluding carboxylic acids is 2. The maximum Gasteiger partial charge on any atom is 0.126 e. The molecule has 0 aromatic carbocycles. The van der Waals surface area contributed by atoms with Crippen molar-refractivity contribution >= 4 is 12.6 Å². The molecule has 0 heterocycles. The molecule has 0 aliphatic carbocycles. The van der Waals surface area contributed by atoms with Crippen LogP contribution in [0, 0.1) is 5.92 Å². The molecule has 0 aromatic rings. The summed E-state index contributed by atoms with van der Waals surface area (Å²) in [5.74, 6) is -0.525. The lowest BCUT2D eigenvalue weighted by molar-refractivity contribution is -0.118. The van der Waals surface area contributed by atoms with E-state index in [4.69, 9.17) is 5.11 Å². The Bertz CT molecular complexity index is 98.5. The van der Waals surface area contributed by atoms with Gasteiger partial charge in [0, 0.05) is 12.3 Å². The second-order valence-electron chi connectivity index (χ2n) is 1.94. The summed E-state index contributed by atoms with van der Waals surface area (Å²) in [6, 6.07) is 0. The molecule has 0 saturated heterocycles. The first kappa shape index (κ1) is 8.30. The van der Waals surface area contributed by atoms with Crippen LogP contribution in [-0.2, 0) is 9.59 Å². The Morgan fingerprint density at radius 2 is 2.11 bits per heavy atom. The van der Waals surface area contributed by atoms with Gasteiger partial charge in [-0.2, -0.15) is 0 Å². The normalized spacial score (nSPS) is 16.2. The fourth-order valence-corrected chi connectivity index (χ4v) is 0.477. The van der Waals surface area contributed by atoms with Crippen LogP contribution in [0.15, 0.2) is 0 Å². The smallest absolute Gasteiger partial charge is 0.126 e. The molecule has 0 aliphatic rings. The van der Waals surface area contributed by atoms with Gasteiger partial charge in [-0.05, 0) is 6.92 Å². The highest BCUT2D eigenvalue weighted by Gasteiger charge is 2.11. The van der Waals surface area contributed by atoms with Crippen molar-refractivity contribution in [3.8, 4) is 0 Å². The number of aliphatic hydroxyl groups excluding tert-OH is 1. The van der Waals surface area contributed by atoms with Crippen LogP contribution in [0.1, 0.15) is 13.3 Å². The van der Waals surface area contributed by atoms with Crippen molar-refractivity contribution in [3.05, 3.63) is 0 Å². The van der Waals surface area contributed by atoms with Crippen molar-refractivity contribution in [1.29, 1.82) is 0 Å². The molecule has 0 amide bonds. The van der Waals surface area contributed by atoms with E-state index in [0.717, 1.165) is 0 Å². The Hall–Kier alpha value is -0.700. The number of hydrogen-bond donors (Lipinski definition) is 1. The molecule has 2 atom stereocenters. The zero-order valence-electron chi connectivity index (χ0n) is 5.28. The monoisotopic (exact) mass is 130 g/mol. The Labute approximate surface area is 53.7 Å². The summed E-state index contributed by atoms with van der Waals surface area (Å²) < 4.78 is 0. The largest absolute Gasteiger partial charge is 0.393 e. The number of hydrogen-bond acceptors (Lipinski definition) is 3. The number of aldehydes is 2. The number of carbonyl (C=O) groups is 2. The fraction of sp³-hybridized carbons (Fsp3) is 0.667. The predicted molar refractivity (Wildman–Crippen MR) is 31.9 cm³/mol. The van der Waals surface area contributed by atoms with Crippen LogP contribution < -0.4 is 0 Å². The standard InChI is InChI=1S/C6H10O3/c1-5(9)6(4-8)2-3-7/h3-6,9H,2H2,1H3/t5-,6-/m0/s1. The SMILES string of the molecule is C[C@H](O)[C@H](C=O)CC=O. The van der Waals surface area contributed by atoms with E-state index < -0.39 is 12.0 Å². The lowest BCUT2D eigenvalue weighted by Gasteiger charge is -2.07. The molecule has 0 fully saturated rings. The molecule has 0 aliphatic heterocycles. The Morgan fingerprint density at radius 1 is 1.56 bits per heavy atom. The van der Waals surface area contributed by atoms with Crippen LogP contribution in [0.4, 0.5) is 0 Å². The van der Waals surface area contributed by atoms with Gasteiger partial charge in [0.1, 0.15) is 12.6 Å². The van der Waals surface area contributed by atoms with Gasteiger partial charge in [0.15, 0.2) is 0 Å². The first-order valence-corrected chi connectivity index (χ1v) is 2.79. The third-order valence-electron chi connectivity index (χ3n) is 1.16. The van der Waals surface area contributed by atoms with E-state index in [2.05, 4.69) is 0 Å². The lowest BCUT2D eigenvalue weighted by atomic mass is 10.0. The van der Waals surface area contributed by atoms with E-state index in [-0.39, 0.29) is 6.42 Å². The maximum absolute atomic E-state index is 10.0. The molecular formula is C6H10O3. The summed E-state index contributed by atoms with van der Waals surface area (Å²) in [5.41, 5.74) is 0. The number of aliphatic hydroxyl groups is 1. The van der Waals surface area contributed by atoms with Gasteiger partial charge < -0.3 is 14.7 Å². The van der Waals surface area contributed by atoms with Crippen LogP contribution in [0.3, 0.4) is 0 Å². The van der Waals surface area contributed by atoms with Crippen molar-refractivity contribution in [2.24, 2.45) is 5.92 Å². The minimum absolute atomic E-state index is 0.112. The van der Waals surface area contributed by atoms with E-state index >= 15 is 0 Å². The zero-order valence-corrected chi connectivity index (χ0v) is 5.28. The average Bonchev–Trinajstić information content (AvgIpc) is 1.82. The maximum atomic E-state index is 10.0. The molecule has 0 bridgehead atoms.